The van der Waals surface area contributed by atoms with Gasteiger partial charge in [-0.05, 0) is 37.8 Å². The molecule has 1 fully saturated rings. The van der Waals surface area contributed by atoms with Crippen molar-refractivity contribution in [1.82, 2.24) is 0 Å². The summed E-state index contributed by atoms with van der Waals surface area (Å²) >= 11 is 0. The van der Waals surface area contributed by atoms with Crippen LogP contribution in [0.5, 0.6) is 11.5 Å². The van der Waals surface area contributed by atoms with Gasteiger partial charge in [0.1, 0.15) is 0 Å². The molecular formula is C16H25NO2. The topological polar surface area (TPSA) is 44.5 Å². The van der Waals surface area contributed by atoms with Gasteiger partial charge in [-0.1, -0.05) is 25.3 Å². The Morgan fingerprint density at radius 2 is 1.53 bits per heavy atom. The Hall–Kier alpha value is -1.22. The third-order valence-corrected chi connectivity index (χ3v) is 4.27. The highest BCUT2D eigenvalue weighted by Gasteiger charge is 2.35. The molecule has 3 nitrogen and oxygen atoms in total. The highest BCUT2D eigenvalue weighted by Crippen LogP contribution is 2.46. The molecule has 2 rings (SSSR count). The van der Waals surface area contributed by atoms with Gasteiger partial charge in [0.15, 0.2) is 11.5 Å². The van der Waals surface area contributed by atoms with Crippen molar-refractivity contribution in [2.75, 3.05) is 14.2 Å². The van der Waals surface area contributed by atoms with Crippen molar-refractivity contribution in [1.29, 1.82) is 0 Å². The van der Waals surface area contributed by atoms with Crippen molar-refractivity contribution in [2.24, 2.45) is 5.73 Å². The molecule has 3 heteroatoms. The number of hydrogen-bond acceptors (Lipinski definition) is 3. The highest BCUT2D eigenvalue weighted by atomic mass is 16.5. The molecule has 0 bridgehead atoms. The van der Waals surface area contributed by atoms with Crippen LogP contribution < -0.4 is 15.2 Å². The predicted molar refractivity (Wildman–Crippen MR) is 78.0 cm³/mol. The summed E-state index contributed by atoms with van der Waals surface area (Å²) < 4.78 is 11.2. The summed E-state index contributed by atoms with van der Waals surface area (Å²) in [6, 6.07) is 2.15. The molecule has 0 aliphatic heterocycles. The van der Waals surface area contributed by atoms with E-state index in [0.717, 1.165) is 35.5 Å². The predicted octanol–water partition coefficient (Wildman–Crippen LogP) is 3.44. The van der Waals surface area contributed by atoms with Crippen molar-refractivity contribution >= 4 is 0 Å². The fourth-order valence-electron chi connectivity index (χ4n) is 3.43. The van der Waals surface area contributed by atoms with Gasteiger partial charge < -0.3 is 15.2 Å². The quantitative estimate of drug-likeness (QED) is 0.908. The summed E-state index contributed by atoms with van der Waals surface area (Å²) in [7, 11) is 3.39. The number of ether oxygens (including phenoxy) is 2. The van der Waals surface area contributed by atoms with Gasteiger partial charge in [0.25, 0.3) is 0 Å². The third kappa shape index (κ3) is 2.44. The number of rotatable bonds is 3. The van der Waals surface area contributed by atoms with Gasteiger partial charge >= 0.3 is 0 Å². The molecule has 1 aliphatic carbocycles. The lowest BCUT2D eigenvalue weighted by Crippen LogP contribution is -2.39. The highest BCUT2D eigenvalue weighted by molar-refractivity contribution is 5.57. The Kier molecular flexibility index (Phi) is 4.04. The fraction of sp³-hybridized carbons (Fsp3) is 0.625. The van der Waals surface area contributed by atoms with Gasteiger partial charge in [0, 0.05) is 11.1 Å². The fourth-order valence-corrected chi connectivity index (χ4v) is 3.43. The van der Waals surface area contributed by atoms with Crippen molar-refractivity contribution < 1.29 is 9.47 Å². The van der Waals surface area contributed by atoms with Gasteiger partial charge in [0.2, 0.25) is 0 Å². The molecule has 2 N–H and O–H groups in total. The van der Waals surface area contributed by atoms with E-state index in [1.54, 1.807) is 14.2 Å². The zero-order chi connectivity index (χ0) is 14.0. The molecule has 0 aromatic heterocycles. The standard InChI is InChI=1S/C16H25NO2/c1-11-10-12(2)14(18-3)15(19-4)13(11)16(17)8-6-5-7-9-16/h10H,5-9,17H2,1-4H3. The molecule has 0 saturated heterocycles. The van der Waals surface area contributed by atoms with Crippen LogP contribution in [0.3, 0.4) is 0 Å². The monoisotopic (exact) mass is 263 g/mol. The minimum Gasteiger partial charge on any atom is -0.493 e. The molecule has 0 amide bonds. The van der Waals surface area contributed by atoms with Gasteiger partial charge in [0.05, 0.1) is 14.2 Å². The van der Waals surface area contributed by atoms with Crippen molar-refractivity contribution in [3.05, 3.63) is 22.8 Å². The van der Waals surface area contributed by atoms with E-state index in [1.165, 1.54) is 24.8 Å². The molecule has 19 heavy (non-hydrogen) atoms. The van der Waals surface area contributed by atoms with Crippen molar-refractivity contribution in [2.45, 2.75) is 51.5 Å². The Morgan fingerprint density at radius 1 is 0.947 bits per heavy atom. The largest absolute Gasteiger partial charge is 0.493 e. The lowest BCUT2D eigenvalue weighted by Gasteiger charge is -2.36. The van der Waals surface area contributed by atoms with Crippen LogP contribution in [0.15, 0.2) is 6.07 Å². The summed E-state index contributed by atoms with van der Waals surface area (Å²) in [5.74, 6) is 1.64. The normalized spacial score (nSPS) is 18.2. The number of aryl methyl sites for hydroxylation is 2. The van der Waals surface area contributed by atoms with Gasteiger partial charge in [-0.2, -0.15) is 0 Å². The molecule has 1 aliphatic rings. The number of nitrogens with two attached hydrogens (primary N) is 1. The number of methoxy groups -OCH3 is 2. The van der Waals surface area contributed by atoms with E-state index in [2.05, 4.69) is 13.0 Å². The maximum Gasteiger partial charge on any atom is 0.166 e. The van der Waals surface area contributed by atoms with Crippen LogP contribution >= 0.6 is 0 Å². The molecule has 0 heterocycles. The Labute approximate surface area is 116 Å². The molecule has 1 aromatic rings. The summed E-state index contributed by atoms with van der Waals surface area (Å²) in [5.41, 5.74) is 9.87. The van der Waals surface area contributed by atoms with E-state index in [-0.39, 0.29) is 5.54 Å². The zero-order valence-electron chi connectivity index (χ0n) is 12.5. The van der Waals surface area contributed by atoms with Crippen molar-refractivity contribution in [3.8, 4) is 11.5 Å². The van der Waals surface area contributed by atoms with E-state index < -0.39 is 0 Å². The first-order valence-corrected chi connectivity index (χ1v) is 7.05. The van der Waals surface area contributed by atoms with E-state index in [9.17, 15) is 0 Å². The second-order valence-electron chi connectivity index (χ2n) is 5.67. The summed E-state index contributed by atoms with van der Waals surface area (Å²) in [6.07, 6.45) is 5.71. The maximum absolute atomic E-state index is 6.70. The first kappa shape index (κ1) is 14.2. The third-order valence-electron chi connectivity index (χ3n) is 4.27. The van der Waals surface area contributed by atoms with Crippen LogP contribution in [-0.2, 0) is 5.54 Å². The Bertz CT molecular complexity index is 462. The van der Waals surface area contributed by atoms with Crippen LogP contribution in [0.4, 0.5) is 0 Å². The van der Waals surface area contributed by atoms with Gasteiger partial charge in [-0.25, -0.2) is 0 Å². The molecule has 0 radical (unpaired) electrons. The maximum atomic E-state index is 6.70. The van der Waals surface area contributed by atoms with Crippen LogP contribution in [0.25, 0.3) is 0 Å². The molecule has 0 unspecified atom stereocenters. The second kappa shape index (κ2) is 5.41. The first-order valence-electron chi connectivity index (χ1n) is 7.05. The van der Waals surface area contributed by atoms with Crippen molar-refractivity contribution in [3.63, 3.8) is 0 Å². The number of hydrogen-bond donors (Lipinski definition) is 1. The van der Waals surface area contributed by atoms with E-state index in [0.29, 0.717) is 0 Å². The minimum absolute atomic E-state index is 0.269. The molecule has 0 atom stereocenters. The molecule has 1 aromatic carbocycles. The van der Waals surface area contributed by atoms with Crippen LogP contribution in [0.1, 0.15) is 48.8 Å². The van der Waals surface area contributed by atoms with E-state index in [4.69, 9.17) is 15.2 Å². The molecule has 0 spiro atoms. The lowest BCUT2D eigenvalue weighted by atomic mass is 9.75. The summed E-state index contributed by atoms with van der Waals surface area (Å²) in [4.78, 5) is 0. The summed E-state index contributed by atoms with van der Waals surface area (Å²) in [6.45, 7) is 4.16. The van der Waals surface area contributed by atoms with Crippen LogP contribution in [0.2, 0.25) is 0 Å². The number of benzene rings is 1. The van der Waals surface area contributed by atoms with Crippen LogP contribution in [0, 0.1) is 13.8 Å². The Balaban J connectivity index is 2.61. The first-order chi connectivity index (χ1) is 9.03. The molecule has 106 valence electrons. The average Bonchev–Trinajstić information content (AvgIpc) is 2.38. The van der Waals surface area contributed by atoms with Crippen LogP contribution in [-0.4, -0.2) is 14.2 Å². The lowest BCUT2D eigenvalue weighted by molar-refractivity contribution is 0.280. The molecular weight excluding hydrogens is 238 g/mol. The second-order valence-corrected chi connectivity index (χ2v) is 5.67. The average molecular weight is 263 g/mol. The molecule has 1 saturated carbocycles. The Morgan fingerprint density at radius 3 is 2.05 bits per heavy atom. The minimum atomic E-state index is -0.269. The zero-order valence-corrected chi connectivity index (χ0v) is 12.5. The SMILES string of the molecule is COc1c(C)cc(C)c(C2(N)CCCCC2)c1OC. The van der Waals surface area contributed by atoms with E-state index in [1.807, 2.05) is 6.92 Å². The smallest absolute Gasteiger partial charge is 0.166 e. The van der Waals surface area contributed by atoms with Gasteiger partial charge in [-0.15, -0.1) is 0 Å². The van der Waals surface area contributed by atoms with Gasteiger partial charge in [-0.3, -0.25) is 0 Å². The van der Waals surface area contributed by atoms with E-state index >= 15 is 0 Å². The summed E-state index contributed by atoms with van der Waals surface area (Å²) in [5, 5.41) is 0.